The molecule has 0 aromatic rings. The first-order valence-electron chi connectivity index (χ1n) is 7.30. The van der Waals surface area contributed by atoms with Gasteiger partial charge < -0.3 is 19.6 Å². The molecule has 1 aliphatic heterocycles. The average molecular weight is 300 g/mol. The van der Waals surface area contributed by atoms with Crippen LogP contribution in [-0.4, -0.2) is 65.2 Å². The summed E-state index contributed by atoms with van der Waals surface area (Å²) in [7, 11) is 1.48. The lowest BCUT2D eigenvalue weighted by Crippen LogP contribution is -2.56. The number of hydrogen-bond acceptors (Lipinski definition) is 4. The first-order chi connectivity index (χ1) is 9.89. The largest absolute Gasteiger partial charge is 0.479 e. The molecular weight excluding hydrogens is 276 g/mol. The van der Waals surface area contributed by atoms with Crippen molar-refractivity contribution in [2.24, 2.45) is 0 Å². The molecule has 1 saturated heterocycles. The van der Waals surface area contributed by atoms with E-state index in [1.807, 2.05) is 6.92 Å². The fourth-order valence-corrected chi connectivity index (χ4v) is 2.83. The Morgan fingerprint density at radius 2 is 2.00 bits per heavy atom. The van der Waals surface area contributed by atoms with Gasteiger partial charge in [-0.05, 0) is 26.2 Å². The Balaban J connectivity index is 2.83. The number of carboxylic acid groups (broad SMARTS) is 1. The van der Waals surface area contributed by atoms with Crippen LogP contribution in [0.4, 0.5) is 4.79 Å². The molecule has 0 bridgehead atoms. The van der Waals surface area contributed by atoms with Crippen molar-refractivity contribution in [3.05, 3.63) is 0 Å². The maximum Gasteiger partial charge on any atom is 0.329 e. The van der Waals surface area contributed by atoms with Gasteiger partial charge in [-0.1, -0.05) is 13.3 Å². The van der Waals surface area contributed by atoms with Gasteiger partial charge in [-0.3, -0.25) is 4.79 Å². The molecule has 7 nitrogen and oxygen atoms in total. The molecule has 1 rings (SSSR count). The van der Waals surface area contributed by atoms with Crippen molar-refractivity contribution in [1.29, 1.82) is 0 Å². The number of aliphatic carboxylic acids is 1. The van der Waals surface area contributed by atoms with Crippen molar-refractivity contribution in [3.63, 3.8) is 0 Å². The molecule has 1 atom stereocenters. The van der Waals surface area contributed by atoms with Crippen LogP contribution in [0.2, 0.25) is 0 Å². The predicted octanol–water partition coefficient (Wildman–Crippen LogP) is 1.32. The van der Waals surface area contributed by atoms with Crippen LogP contribution in [0.25, 0.3) is 0 Å². The highest BCUT2D eigenvalue weighted by molar-refractivity contribution is 5.88. The second-order valence-corrected chi connectivity index (χ2v) is 5.29. The van der Waals surface area contributed by atoms with Gasteiger partial charge in [0.15, 0.2) is 0 Å². The molecule has 0 radical (unpaired) electrons. The summed E-state index contributed by atoms with van der Waals surface area (Å²) >= 11 is 0. The van der Waals surface area contributed by atoms with Gasteiger partial charge in [-0.15, -0.1) is 0 Å². The predicted molar refractivity (Wildman–Crippen MR) is 75.9 cm³/mol. The molecule has 0 spiro atoms. The molecule has 1 unspecified atom stereocenters. The first kappa shape index (κ1) is 17.3. The Labute approximate surface area is 124 Å². The van der Waals surface area contributed by atoms with Gasteiger partial charge >= 0.3 is 18.0 Å². The van der Waals surface area contributed by atoms with Crippen LogP contribution in [0.5, 0.6) is 0 Å². The van der Waals surface area contributed by atoms with Gasteiger partial charge in [0.1, 0.15) is 12.1 Å². The van der Waals surface area contributed by atoms with Crippen LogP contribution < -0.4 is 0 Å². The Kier molecular flexibility index (Phi) is 5.99. The molecule has 120 valence electrons. The van der Waals surface area contributed by atoms with Crippen molar-refractivity contribution in [3.8, 4) is 0 Å². The monoisotopic (exact) mass is 300 g/mol. The number of rotatable bonds is 6. The SMILES string of the molecule is CCCC1(C(=O)O)CCCN1C(=O)N(C)CC(=O)OCC. The Morgan fingerprint density at radius 1 is 1.33 bits per heavy atom. The summed E-state index contributed by atoms with van der Waals surface area (Å²) < 4.78 is 4.80. The molecule has 1 fully saturated rings. The summed E-state index contributed by atoms with van der Waals surface area (Å²) in [4.78, 5) is 38.2. The standard InChI is InChI=1S/C14H24N2O5/c1-4-7-14(12(18)19)8-6-9-16(14)13(20)15(3)10-11(17)21-5-2/h4-10H2,1-3H3,(H,18,19). The number of urea groups is 1. The highest BCUT2D eigenvalue weighted by atomic mass is 16.5. The molecule has 7 heteroatoms. The maximum atomic E-state index is 12.5. The molecule has 0 saturated carbocycles. The molecule has 0 aromatic heterocycles. The van der Waals surface area contributed by atoms with Crippen molar-refractivity contribution in [2.45, 2.75) is 45.1 Å². The van der Waals surface area contributed by atoms with E-state index in [-0.39, 0.29) is 13.2 Å². The summed E-state index contributed by atoms with van der Waals surface area (Å²) in [5.74, 6) is -1.47. The Bertz CT molecular complexity index is 412. The number of esters is 1. The fraction of sp³-hybridized carbons (Fsp3) is 0.786. The van der Waals surface area contributed by atoms with Crippen molar-refractivity contribution >= 4 is 18.0 Å². The third kappa shape index (κ3) is 3.65. The molecule has 0 aliphatic carbocycles. The first-order valence-corrected chi connectivity index (χ1v) is 7.30. The summed E-state index contributed by atoms with van der Waals surface area (Å²) in [6.45, 7) is 4.06. The maximum absolute atomic E-state index is 12.5. The van der Waals surface area contributed by atoms with Gasteiger partial charge in [0.25, 0.3) is 0 Å². The minimum absolute atomic E-state index is 0.176. The smallest absolute Gasteiger partial charge is 0.329 e. The van der Waals surface area contributed by atoms with Crippen molar-refractivity contribution in [1.82, 2.24) is 9.80 Å². The fourth-order valence-electron chi connectivity index (χ4n) is 2.83. The zero-order chi connectivity index (χ0) is 16.0. The summed E-state index contributed by atoms with van der Waals surface area (Å²) in [5, 5.41) is 9.56. The van der Waals surface area contributed by atoms with Gasteiger partial charge in [-0.25, -0.2) is 9.59 Å². The number of likely N-dealkylation sites (tertiary alicyclic amines) is 1. The number of likely N-dealkylation sites (N-methyl/N-ethyl adjacent to an activating group) is 1. The minimum Gasteiger partial charge on any atom is -0.479 e. The molecule has 21 heavy (non-hydrogen) atoms. The van der Waals surface area contributed by atoms with E-state index in [0.29, 0.717) is 32.2 Å². The number of carbonyl (C=O) groups excluding carboxylic acids is 2. The van der Waals surface area contributed by atoms with Crippen LogP contribution in [-0.2, 0) is 14.3 Å². The van der Waals surface area contributed by atoms with Gasteiger partial charge in [0.2, 0.25) is 0 Å². The lowest BCUT2D eigenvalue weighted by atomic mass is 9.91. The second-order valence-electron chi connectivity index (χ2n) is 5.29. The van der Waals surface area contributed by atoms with E-state index in [2.05, 4.69) is 0 Å². The van der Waals surface area contributed by atoms with Crippen LogP contribution in [0, 0.1) is 0 Å². The van der Waals surface area contributed by atoms with E-state index in [9.17, 15) is 19.5 Å². The molecule has 1 N–H and O–H groups in total. The zero-order valence-corrected chi connectivity index (χ0v) is 12.9. The summed E-state index contributed by atoms with van der Waals surface area (Å²) in [6.07, 6.45) is 2.21. The normalized spacial score (nSPS) is 21.2. The third-order valence-electron chi connectivity index (χ3n) is 3.78. The van der Waals surface area contributed by atoms with Gasteiger partial charge in [0, 0.05) is 13.6 Å². The molecule has 0 aromatic carbocycles. The lowest BCUT2D eigenvalue weighted by molar-refractivity contribution is -0.148. The van der Waals surface area contributed by atoms with E-state index >= 15 is 0 Å². The average Bonchev–Trinajstić information content (AvgIpc) is 2.83. The number of nitrogens with zero attached hydrogens (tertiary/aromatic N) is 2. The second kappa shape index (κ2) is 7.28. The van der Waals surface area contributed by atoms with Crippen LogP contribution in [0.3, 0.4) is 0 Å². The van der Waals surface area contributed by atoms with Crippen molar-refractivity contribution in [2.75, 3.05) is 26.7 Å². The van der Waals surface area contributed by atoms with Crippen LogP contribution >= 0.6 is 0 Å². The van der Waals surface area contributed by atoms with E-state index < -0.39 is 23.5 Å². The number of hydrogen-bond donors (Lipinski definition) is 1. The number of ether oxygens (including phenoxy) is 1. The zero-order valence-electron chi connectivity index (χ0n) is 12.9. The third-order valence-corrected chi connectivity index (χ3v) is 3.78. The van der Waals surface area contributed by atoms with E-state index in [4.69, 9.17) is 4.74 Å². The van der Waals surface area contributed by atoms with E-state index in [1.54, 1.807) is 6.92 Å². The van der Waals surface area contributed by atoms with Crippen LogP contribution in [0.1, 0.15) is 39.5 Å². The Hall–Kier alpha value is -1.79. The Morgan fingerprint density at radius 3 is 2.52 bits per heavy atom. The number of amides is 2. The van der Waals surface area contributed by atoms with Crippen LogP contribution in [0.15, 0.2) is 0 Å². The summed E-state index contributed by atoms with van der Waals surface area (Å²) in [5.41, 5.74) is -1.14. The highest BCUT2D eigenvalue weighted by Gasteiger charge is 2.49. The van der Waals surface area contributed by atoms with Crippen molar-refractivity contribution < 1.29 is 24.2 Å². The number of carbonyl (C=O) groups is 3. The molecular formula is C14H24N2O5. The van der Waals surface area contributed by atoms with Gasteiger partial charge in [0.05, 0.1) is 6.61 Å². The molecule has 2 amide bonds. The quantitative estimate of drug-likeness (QED) is 0.748. The molecule has 1 aliphatic rings. The summed E-state index contributed by atoms with van der Waals surface area (Å²) in [6, 6.07) is -0.434. The van der Waals surface area contributed by atoms with E-state index in [0.717, 1.165) is 0 Å². The van der Waals surface area contributed by atoms with Gasteiger partial charge in [-0.2, -0.15) is 0 Å². The van der Waals surface area contributed by atoms with E-state index in [1.165, 1.54) is 16.8 Å². The molecule has 1 heterocycles. The topological polar surface area (TPSA) is 87.2 Å². The highest BCUT2D eigenvalue weighted by Crippen LogP contribution is 2.34. The lowest BCUT2D eigenvalue weighted by Gasteiger charge is -2.36. The minimum atomic E-state index is -1.14. The number of carboxylic acids is 1.